The molecule has 0 unspecified atom stereocenters. The lowest BCUT2D eigenvalue weighted by molar-refractivity contribution is -0.154. The van der Waals surface area contributed by atoms with Gasteiger partial charge < -0.3 is 19.8 Å². The molecule has 0 bridgehead atoms. The standard InChI is InChI=1S/C12H19NO6/c1-11(2,3)19-10(18)13-5-4-12(7-13,9(16)17)6-8(14)15/h4-7H2,1-3H3,(H,14,15)(H,16,17)/t12-/m1/s1. The zero-order valence-corrected chi connectivity index (χ0v) is 11.3. The van der Waals surface area contributed by atoms with E-state index in [0.29, 0.717) is 0 Å². The van der Waals surface area contributed by atoms with Crippen LogP contribution in [-0.2, 0) is 14.3 Å². The molecule has 0 spiro atoms. The molecule has 1 aliphatic rings. The molecule has 1 saturated heterocycles. The summed E-state index contributed by atoms with van der Waals surface area (Å²) in [5, 5.41) is 18.0. The van der Waals surface area contributed by atoms with Crippen molar-refractivity contribution < 1.29 is 29.3 Å². The number of amides is 1. The number of carboxylic acid groups (broad SMARTS) is 2. The number of carboxylic acids is 2. The van der Waals surface area contributed by atoms with E-state index in [9.17, 15) is 19.5 Å². The molecule has 0 radical (unpaired) electrons. The summed E-state index contributed by atoms with van der Waals surface area (Å²) >= 11 is 0. The van der Waals surface area contributed by atoms with Crippen molar-refractivity contribution in [3.63, 3.8) is 0 Å². The van der Waals surface area contributed by atoms with E-state index < -0.39 is 35.5 Å². The minimum Gasteiger partial charge on any atom is -0.481 e. The molecular weight excluding hydrogens is 254 g/mol. The maximum absolute atomic E-state index is 11.8. The SMILES string of the molecule is CC(C)(C)OC(=O)N1CC[C@](CC(=O)O)(C(=O)O)C1. The Morgan fingerprint density at radius 3 is 2.26 bits per heavy atom. The fourth-order valence-electron chi connectivity index (χ4n) is 2.04. The normalized spacial score (nSPS) is 23.2. The summed E-state index contributed by atoms with van der Waals surface area (Å²) in [5.41, 5.74) is -2.08. The minimum atomic E-state index is -1.41. The second-order valence-electron chi connectivity index (χ2n) is 5.81. The van der Waals surface area contributed by atoms with Crippen LogP contribution in [0, 0.1) is 5.41 Å². The average molecular weight is 273 g/mol. The topological polar surface area (TPSA) is 104 Å². The Bertz CT molecular complexity index is 400. The number of ether oxygens (including phenoxy) is 1. The van der Waals surface area contributed by atoms with Crippen LogP contribution in [0.5, 0.6) is 0 Å². The first-order valence-electron chi connectivity index (χ1n) is 5.99. The van der Waals surface area contributed by atoms with Crippen LogP contribution in [0.1, 0.15) is 33.6 Å². The number of carbonyl (C=O) groups excluding carboxylic acids is 1. The Morgan fingerprint density at radius 1 is 1.26 bits per heavy atom. The molecule has 1 amide bonds. The van der Waals surface area contributed by atoms with Crippen molar-refractivity contribution in [3.05, 3.63) is 0 Å². The van der Waals surface area contributed by atoms with Crippen LogP contribution < -0.4 is 0 Å². The Kier molecular flexibility index (Phi) is 4.07. The molecule has 2 N–H and O–H groups in total. The van der Waals surface area contributed by atoms with Crippen molar-refractivity contribution in [2.45, 2.75) is 39.2 Å². The molecule has 7 nitrogen and oxygen atoms in total. The van der Waals surface area contributed by atoms with E-state index in [1.54, 1.807) is 20.8 Å². The molecule has 19 heavy (non-hydrogen) atoms. The zero-order chi connectivity index (χ0) is 14.8. The third kappa shape index (κ3) is 3.84. The van der Waals surface area contributed by atoms with Crippen LogP contribution in [0.25, 0.3) is 0 Å². The summed E-state index contributed by atoms with van der Waals surface area (Å²) in [4.78, 5) is 35.1. The Hall–Kier alpha value is -1.79. The molecular formula is C12H19NO6. The summed E-state index contributed by atoms with van der Waals surface area (Å²) in [6.45, 7) is 5.19. The lowest BCUT2D eigenvalue weighted by atomic mass is 9.84. The van der Waals surface area contributed by atoms with Crippen LogP contribution in [-0.4, -0.2) is 51.8 Å². The van der Waals surface area contributed by atoms with E-state index in [1.807, 2.05) is 0 Å². The monoisotopic (exact) mass is 273 g/mol. The molecule has 7 heteroatoms. The van der Waals surface area contributed by atoms with Gasteiger partial charge in [-0.05, 0) is 27.2 Å². The zero-order valence-electron chi connectivity index (χ0n) is 11.3. The quantitative estimate of drug-likeness (QED) is 0.800. The molecule has 0 aliphatic carbocycles. The van der Waals surface area contributed by atoms with E-state index >= 15 is 0 Å². The van der Waals surface area contributed by atoms with Gasteiger partial charge in [0.05, 0.1) is 11.8 Å². The van der Waals surface area contributed by atoms with Gasteiger partial charge in [-0.2, -0.15) is 0 Å². The van der Waals surface area contributed by atoms with Gasteiger partial charge in [-0.1, -0.05) is 0 Å². The van der Waals surface area contributed by atoms with Gasteiger partial charge in [-0.25, -0.2) is 4.79 Å². The van der Waals surface area contributed by atoms with Crippen molar-refractivity contribution in [1.82, 2.24) is 4.90 Å². The predicted molar refractivity (Wildman–Crippen MR) is 64.7 cm³/mol. The minimum absolute atomic E-state index is 0.119. The third-order valence-corrected chi connectivity index (χ3v) is 2.95. The highest BCUT2D eigenvalue weighted by Crippen LogP contribution is 2.35. The van der Waals surface area contributed by atoms with E-state index in [0.717, 1.165) is 0 Å². The van der Waals surface area contributed by atoms with Crippen molar-refractivity contribution >= 4 is 18.0 Å². The predicted octanol–water partition coefficient (Wildman–Crippen LogP) is 1.17. The lowest BCUT2D eigenvalue weighted by Gasteiger charge is -2.26. The van der Waals surface area contributed by atoms with E-state index in [4.69, 9.17) is 9.84 Å². The average Bonchev–Trinajstić information content (AvgIpc) is 2.59. The highest BCUT2D eigenvalue weighted by Gasteiger charge is 2.48. The van der Waals surface area contributed by atoms with Gasteiger partial charge in [0.15, 0.2) is 0 Å². The molecule has 0 aromatic carbocycles. The van der Waals surface area contributed by atoms with Gasteiger partial charge in [-0.3, -0.25) is 9.59 Å². The highest BCUT2D eigenvalue weighted by molar-refractivity contribution is 5.83. The van der Waals surface area contributed by atoms with E-state index in [2.05, 4.69) is 0 Å². The van der Waals surface area contributed by atoms with Crippen molar-refractivity contribution in [2.24, 2.45) is 5.41 Å². The summed E-state index contributed by atoms with van der Waals surface area (Å²) < 4.78 is 5.15. The molecule has 1 fully saturated rings. The van der Waals surface area contributed by atoms with Gasteiger partial charge in [0.25, 0.3) is 0 Å². The van der Waals surface area contributed by atoms with E-state index in [-0.39, 0.29) is 19.5 Å². The summed E-state index contributed by atoms with van der Waals surface area (Å²) in [7, 11) is 0. The summed E-state index contributed by atoms with van der Waals surface area (Å²) in [5.74, 6) is -2.38. The molecule has 108 valence electrons. The third-order valence-electron chi connectivity index (χ3n) is 2.95. The van der Waals surface area contributed by atoms with Gasteiger partial charge in [0.1, 0.15) is 5.60 Å². The van der Waals surface area contributed by atoms with Crippen LogP contribution in [0.15, 0.2) is 0 Å². The first kappa shape index (κ1) is 15.3. The maximum atomic E-state index is 11.8. The fraction of sp³-hybridized carbons (Fsp3) is 0.750. The number of hydrogen-bond acceptors (Lipinski definition) is 4. The number of aliphatic carboxylic acids is 2. The number of rotatable bonds is 3. The van der Waals surface area contributed by atoms with Crippen LogP contribution >= 0.6 is 0 Å². The Labute approximate surface area is 111 Å². The molecule has 0 aromatic rings. The van der Waals surface area contributed by atoms with Crippen LogP contribution in [0.2, 0.25) is 0 Å². The highest BCUT2D eigenvalue weighted by atomic mass is 16.6. The second-order valence-corrected chi connectivity index (χ2v) is 5.81. The van der Waals surface area contributed by atoms with Gasteiger partial charge >= 0.3 is 18.0 Å². The fourth-order valence-corrected chi connectivity index (χ4v) is 2.04. The van der Waals surface area contributed by atoms with Crippen LogP contribution in [0.3, 0.4) is 0 Å². The first-order chi connectivity index (χ1) is 8.56. The summed E-state index contributed by atoms with van der Waals surface area (Å²) in [6.07, 6.45) is -0.990. The number of hydrogen-bond donors (Lipinski definition) is 2. The molecule has 0 aromatic heterocycles. The first-order valence-corrected chi connectivity index (χ1v) is 5.99. The molecule has 1 heterocycles. The molecule has 1 aliphatic heterocycles. The van der Waals surface area contributed by atoms with Gasteiger partial charge in [0.2, 0.25) is 0 Å². The Balaban J connectivity index is 2.77. The smallest absolute Gasteiger partial charge is 0.410 e. The summed E-state index contributed by atoms with van der Waals surface area (Å²) in [6, 6.07) is 0. The van der Waals surface area contributed by atoms with Gasteiger partial charge in [-0.15, -0.1) is 0 Å². The number of likely N-dealkylation sites (tertiary alicyclic amines) is 1. The van der Waals surface area contributed by atoms with Crippen molar-refractivity contribution in [1.29, 1.82) is 0 Å². The van der Waals surface area contributed by atoms with Crippen LogP contribution in [0.4, 0.5) is 4.79 Å². The van der Waals surface area contributed by atoms with E-state index in [1.165, 1.54) is 4.90 Å². The van der Waals surface area contributed by atoms with Crippen molar-refractivity contribution in [3.8, 4) is 0 Å². The number of carbonyl (C=O) groups is 3. The van der Waals surface area contributed by atoms with Crippen molar-refractivity contribution in [2.75, 3.05) is 13.1 Å². The molecule has 0 saturated carbocycles. The largest absolute Gasteiger partial charge is 0.481 e. The maximum Gasteiger partial charge on any atom is 0.410 e. The van der Waals surface area contributed by atoms with Gasteiger partial charge in [0, 0.05) is 13.1 Å². The lowest BCUT2D eigenvalue weighted by Crippen LogP contribution is -2.40. The number of nitrogens with zero attached hydrogens (tertiary/aromatic N) is 1. The Morgan fingerprint density at radius 2 is 1.84 bits per heavy atom. The molecule has 1 atom stereocenters. The molecule has 1 rings (SSSR count). The second kappa shape index (κ2) is 5.07.